The Morgan fingerprint density at radius 1 is 1.53 bits per heavy atom. The van der Waals surface area contributed by atoms with Gasteiger partial charge >= 0.3 is 0 Å². The van der Waals surface area contributed by atoms with Crippen molar-refractivity contribution in [2.75, 3.05) is 12.4 Å². The van der Waals surface area contributed by atoms with Gasteiger partial charge in [-0.15, -0.1) is 0 Å². The number of carbonyl (C=O) groups is 2. The largest absolute Gasteiger partial charge is 0.378 e. The predicted molar refractivity (Wildman–Crippen MR) is 68.0 cm³/mol. The fourth-order valence-corrected chi connectivity index (χ4v) is 2.13. The van der Waals surface area contributed by atoms with Gasteiger partial charge in [0.25, 0.3) is 0 Å². The SMILES string of the molecule is CC(=O)NC(CS)C(=O)NC1CCOC(C)C1. The quantitative estimate of drug-likeness (QED) is 0.628. The summed E-state index contributed by atoms with van der Waals surface area (Å²) in [6.07, 6.45) is 1.80. The first-order valence-corrected chi connectivity index (χ1v) is 6.46. The fraction of sp³-hybridized carbons (Fsp3) is 0.818. The lowest BCUT2D eigenvalue weighted by Gasteiger charge is -2.29. The van der Waals surface area contributed by atoms with Gasteiger partial charge in [0, 0.05) is 25.3 Å². The number of carbonyl (C=O) groups excluding carboxylic acids is 2. The second-order valence-electron chi connectivity index (χ2n) is 4.35. The molecule has 1 heterocycles. The van der Waals surface area contributed by atoms with Crippen molar-refractivity contribution >= 4 is 24.4 Å². The first-order valence-electron chi connectivity index (χ1n) is 5.83. The lowest BCUT2D eigenvalue weighted by Crippen LogP contribution is -2.51. The third-order valence-electron chi connectivity index (χ3n) is 2.71. The number of amides is 2. The highest BCUT2D eigenvalue weighted by atomic mass is 32.1. The van der Waals surface area contributed by atoms with Gasteiger partial charge in [0.2, 0.25) is 11.8 Å². The average molecular weight is 260 g/mol. The van der Waals surface area contributed by atoms with E-state index < -0.39 is 6.04 Å². The van der Waals surface area contributed by atoms with Crippen LogP contribution in [0.5, 0.6) is 0 Å². The third kappa shape index (κ3) is 4.95. The van der Waals surface area contributed by atoms with E-state index in [-0.39, 0.29) is 24.0 Å². The van der Waals surface area contributed by atoms with Crippen molar-refractivity contribution in [3.05, 3.63) is 0 Å². The van der Waals surface area contributed by atoms with Crippen LogP contribution in [-0.4, -0.2) is 42.4 Å². The molecule has 0 aromatic rings. The molecule has 1 aliphatic rings. The van der Waals surface area contributed by atoms with E-state index in [4.69, 9.17) is 4.74 Å². The van der Waals surface area contributed by atoms with Crippen molar-refractivity contribution in [2.24, 2.45) is 0 Å². The molecule has 6 heteroatoms. The minimum atomic E-state index is -0.561. The van der Waals surface area contributed by atoms with Gasteiger partial charge in [-0.2, -0.15) is 12.6 Å². The van der Waals surface area contributed by atoms with E-state index in [1.807, 2.05) is 6.92 Å². The molecule has 0 spiro atoms. The van der Waals surface area contributed by atoms with Gasteiger partial charge in [-0.25, -0.2) is 0 Å². The number of hydrogen-bond donors (Lipinski definition) is 3. The highest BCUT2D eigenvalue weighted by molar-refractivity contribution is 7.80. The summed E-state index contributed by atoms with van der Waals surface area (Å²) in [4.78, 5) is 22.8. The van der Waals surface area contributed by atoms with Crippen LogP contribution in [-0.2, 0) is 14.3 Å². The number of rotatable bonds is 4. The van der Waals surface area contributed by atoms with Crippen LogP contribution < -0.4 is 10.6 Å². The van der Waals surface area contributed by atoms with Gasteiger partial charge < -0.3 is 15.4 Å². The zero-order valence-corrected chi connectivity index (χ0v) is 11.1. The van der Waals surface area contributed by atoms with Crippen LogP contribution >= 0.6 is 12.6 Å². The molecular weight excluding hydrogens is 240 g/mol. The summed E-state index contributed by atoms with van der Waals surface area (Å²) >= 11 is 4.06. The van der Waals surface area contributed by atoms with Crippen molar-refractivity contribution in [1.82, 2.24) is 10.6 Å². The molecule has 3 unspecified atom stereocenters. The fourth-order valence-electron chi connectivity index (χ4n) is 1.87. The topological polar surface area (TPSA) is 67.4 Å². The zero-order valence-electron chi connectivity index (χ0n) is 10.2. The summed E-state index contributed by atoms with van der Waals surface area (Å²) in [6.45, 7) is 4.04. The predicted octanol–water partition coefficient (Wildman–Crippen LogP) is 0.105. The summed E-state index contributed by atoms with van der Waals surface area (Å²) in [5.41, 5.74) is 0. The van der Waals surface area contributed by atoms with Crippen molar-refractivity contribution < 1.29 is 14.3 Å². The number of nitrogens with one attached hydrogen (secondary N) is 2. The monoisotopic (exact) mass is 260 g/mol. The molecule has 0 aliphatic carbocycles. The lowest BCUT2D eigenvalue weighted by molar-refractivity contribution is -0.128. The van der Waals surface area contributed by atoms with Crippen LogP contribution in [0.15, 0.2) is 0 Å². The second kappa shape index (κ2) is 6.86. The summed E-state index contributed by atoms with van der Waals surface area (Å²) in [5.74, 6) is -0.0988. The van der Waals surface area contributed by atoms with Crippen molar-refractivity contribution in [1.29, 1.82) is 0 Å². The summed E-state index contributed by atoms with van der Waals surface area (Å²) in [6, 6.07) is -0.434. The van der Waals surface area contributed by atoms with Gasteiger partial charge in [0.1, 0.15) is 6.04 Å². The maximum atomic E-state index is 11.9. The van der Waals surface area contributed by atoms with Crippen molar-refractivity contribution in [3.63, 3.8) is 0 Å². The molecule has 2 N–H and O–H groups in total. The van der Waals surface area contributed by atoms with Crippen LogP contribution in [0.4, 0.5) is 0 Å². The molecule has 1 rings (SSSR count). The molecule has 0 aromatic heterocycles. The third-order valence-corrected chi connectivity index (χ3v) is 3.07. The average Bonchev–Trinajstić information content (AvgIpc) is 2.25. The van der Waals surface area contributed by atoms with Gasteiger partial charge in [0.15, 0.2) is 0 Å². The van der Waals surface area contributed by atoms with Gasteiger partial charge in [0.05, 0.1) is 6.10 Å². The van der Waals surface area contributed by atoms with Crippen LogP contribution in [0.3, 0.4) is 0 Å². The zero-order chi connectivity index (χ0) is 12.8. The minimum absolute atomic E-state index is 0.127. The second-order valence-corrected chi connectivity index (χ2v) is 4.71. The Labute approximate surface area is 107 Å². The summed E-state index contributed by atoms with van der Waals surface area (Å²) < 4.78 is 5.40. The standard InChI is InChI=1S/C11H20N2O3S/c1-7-5-9(3-4-16-7)13-11(15)10(6-17)12-8(2)14/h7,9-10,17H,3-6H2,1-2H3,(H,12,14)(H,13,15). The van der Waals surface area contributed by atoms with Gasteiger partial charge in [-0.05, 0) is 19.8 Å². The molecular formula is C11H20N2O3S. The number of thiol groups is 1. The highest BCUT2D eigenvalue weighted by Gasteiger charge is 2.24. The van der Waals surface area contributed by atoms with Crippen molar-refractivity contribution in [2.45, 2.75) is 44.9 Å². The van der Waals surface area contributed by atoms with Crippen LogP contribution in [0.25, 0.3) is 0 Å². The first kappa shape index (κ1) is 14.3. The van der Waals surface area contributed by atoms with E-state index in [0.717, 1.165) is 12.8 Å². The summed E-state index contributed by atoms with van der Waals surface area (Å²) in [7, 11) is 0. The molecule has 5 nitrogen and oxygen atoms in total. The van der Waals surface area contributed by atoms with Crippen LogP contribution in [0.2, 0.25) is 0 Å². The van der Waals surface area contributed by atoms with E-state index in [9.17, 15) is 9.59 Å². The Morgan fingerprint density at radius 2 is 2.24 bits per heavy atom. The minimum Gasteiger partial charge on any atom is -0.378 e. The molecule has 1 saturated heterocycles. The van der Waals surface area contributed by atoms with E-state index >= 15 is 0 Å². The molecule has 3 atom stereocenters. The van der Waals surface area contributed by atoms with E-state index in [0.29, 0.717) is 12.4 Å². The Kier molecular flexibility index (Phi) is 5.77. The number of hydrogen-bond acceptors (Lipinski definition) is 4. The lowest BCUT2D eigenvalue weighted by atomic mass is 10.0. The van der Waals surface area contributed by atoms with Crippen molar-refractivity contribution in [3.8, 4) is 0 Å². The Balaban J connectivity index is 2.43. The van der Waals surface area contributed by atoms with Gasteiger partial charge in [-0.3, -0.25) is 9.59 Å². The Morgan fingerprint density at radius 3 is 2.76 bits per heavy atom. The first-order chi connectivity index (χ1) is 8.02. The number of ether oxygens (including phenoxy) is 1. The smallest absolute Gasteiger partial charge is 0.243 e. The molecule has 0 radical (unpaired) electrons. The van der Waals surface area contributed by atoms with E-state index in [1.54, 1.807) is 0 Å². The van der Waals surface area contributed by atoms with Gasteiger partial charge in [-0.1, -0.05) is 0 Å². The maximum absolute atomic E-state index is 11.9. The maximum Gasteiger partial charge on any atom is 0.243 e. The molecule has 0 bridgehead atoms. The molecule has 17 heavy (non-hydrogen) atoms. The molecule has 1 aliphatic heterocycles. The van der Waals surface area contributed by atoms with Crippen LogP contribution in [0, 0.1) is 0 Å². The molecule has 1 fully saturated rings. The Hall–Kier alpha value is -0.750. The van der Waals surface area contributed by atoms with E-state index in [1.165, 1.54) is 6.92 Å². The molecule has 0 aromatic carbocycles. The van der Waals surface area contributed by atoms with E-state index in [2.05, 4.69) is 23.3 Å². The van der Waals surface area contributed by atoms with Crippen LogP contribution in [0.1, 0.15) is 26.7 Å². The normalized spacial score (nSPS) is 26.1. The molecule has 0 saturated carbocycles. The summed E-state index contributed by atoms with van der Waals surface area (Å²) in [5, 5.41) is 5.49. The molecule has 98 valence electrons. The highest BCUT2D eigenvalue weighted by Crippen LogP contribution is 2.13. The Bertz CT molecular complexity index is 286. The molecule has 2 amide bonds.